The molecule has 2 aromatic rings. The molecule has 1 aliphatic rings. The van der Waals surface area contributed by atoms with Crippen molar-refractivity contribution in [3.8, 4) is 17.2 Å². The average molecular weight is 322 g/mol. The van der Waals surface area contributed by atoms with Crippen LogP contribution in [0.3, 0.4) is 0 Å². The zero-order valence-corrected chi connectivity index (χ0v) is 13.5. The fourth-order valence-corrected chi connectivity index (χ4v) is 2.52. The Morgan fingerprint density at radius 2 is 1.79 bits per heavy atom. The van der Waals surface area contributed by atoms with Gasteiger partial charge in [0.15, 0.2) is 5.76 Å². The van der Waals surface area contributed by atoms with Crippen LogP contribution in [0.15, 0.2) is 53.8 Å². The third-order valence-corrected chi connectivity index (χ3v) is 3.82. The minimum Gasteiger partial charge on any atom is -0.508 e. The molecule has 2 aromatic carbocycles. The van der Waals surface area contributed by atoms with Crippen LogP contribution in [0.2, 0.25) is 0 Å². The van der Waals surface area contributed by atoms with Gasteiger partial charge in [-0.15, -0.1) is 0 Å². The maximum absolute atomic E-state index is 12.5. The number of hydrogen-bond acceptors (Lipinski definition) is 4. The van der Waals surface area contributed by atoms with Gasteiger partial charge in [0.2, 0.25) is 5.78 Å². The van der Waals surface area contributed by atoms with Gasteiger partial charge in [-0.3, -0.25) is 4.79 Å². The molecular weight excluding hydrogens is 304 g/mol. The molecule has 0 aromatic heterocycles. The largest absolute Gasteiger partial charge is 0.508 e. The molecule has 0 amide bonds. The van der Waals surface area contributed by atoms with E-state index >= 15 is 0 Å². The van der Waals surface area contributed by atoms with Crippen molar-refractivity contribution in [1.29, 1.82) is 0 Å². The van der Waals surface area contributed by atoms with E-state index in [2.05, 4.69) is 0 Å². The van der Waals surface area contributed by atoms with Crippen LogP contribution in [0.25, 0.3) is 6.08 Å². The number of phenolic OH excluding ortho intramolecular Hbond substituents is 2. The van der Waals surface area contributed by atoms with E-state index in [1.807, 2.05) is 19.9 Å². The van der Waals surface area contributed by atoms with Crippen LogP contribution in [0.4, 0.5) is 0 Å². The topological polar surface area (TPSA) is 66.8 Å². The smallest absolute Gasteiger partial charge is 0.231 e. The first kappa shape index (κ1) is 15.9. The lowest BCUT2D eigenvalue weighted by molar-refractivity contribution is 0.101. The lowest BCUT2D eigenvalue weighted by atomic mass is 10.0. The first-order valence-electron chi connectivity index (χ1n) is 7.67. The first-order valence-corrected chi connectivity index (χ1v) is 7.67. The van der Waals surface area contributed by atoms with Gasteiger partial charge in [-0.1, -0.05) is 23.8 Å². The maximum atomic E-state index is 12.5. The molecule has 0 spiro atoms. The summed E-state index contributed by atoms with van der Waals surface area (Å²) in [6.07, 6.45) is 4.10. The third kappa shape index (κ3) is 3.04. The molecule has 0 fully saturated rings. The van der Waals surface area contributed by atoms with Crippen LogP contribution in [-0.2, 0) is 6.42 Å². The van der Waals surface area contributed by atoms with Crippen LogP contribution < -0.4 is 4.74 Å². The zero-order valence-electron chi connectivity index (χ0n) is 13.5. The molecular formula is C20H18O4. The molecule has 24 heavy (non-hydrogen) atoms. The van der Waals surface area contributed by atoms with Crippen molar-refractivity contribution in [3.05, 3.63) is 70.5 Å². The Bertz CT molecular complexity index is 854. The number of hydrogen-bond donors (Lipinski definition) is 2. The summed E-state index contributed by atoms with van der Waals surface area (Å²) in [6.45, 7) is 3.95. The lowest BCUT2D eigenvalue weighted by Gasteiger charge is -2.07. The van der Waals surface area contributed by atoms with Crippen molar-refractivity contribution in [2.24, 2.45) is 0 Å². The number of rotatable bonds is 3. The molecule has 0 atom stereocenters. The molecule has 0 aliphatic carbocycles. The molecule has 4 heteroatoms. The lowest BCUT2D eigenvalue weighted by Crippen LogP contribution is -1.97. The number of ether oxygens (including phenoxy) is 1. The Morgan fingerprint density at radius 1 is 1.08 bits per heavy atom. The van der Waals surface area contributed by atoms with Gasteiger partial charge in [0.1, 0.15) is 17.2 Å². The summed E-state index contributed by atoms with van der Waals surface area (Å²) in [4.78, 5) is 12.5. The fourth-order valence-electron chi connectivity index (χ4n) is 2.52. The standard InChI is InChI=1S/C20H18O4/c1-12(2)3-8-15-17(22)10-9-16-19(23)18(24-20(15)16)11-13-4-6-14(21)7-5-13/h3-7,9-11,21-22H,8H2,1-2H3/b18-11-. The van der Waals surface area contributed by atoms with Gasteiger partial charge in [-0.05, 0) is 56.2 Å². The van der Waals surface area contributed by atoms with Crippen LogP contribution in [-0.4, -0.2) is 16.0 Å². The normalized spacial score (nSPS) is 14.4. The summed E-state index contributed by atoms with van der Waals surface area (Å²) in [5.74, 6) is 0.691. The molecule has 122 valence electrons. The highest BCUT2D eigenvalue weighted by atomic mass is 16.5. The van der Waals surface area contributed by atoms with Gasteiger partial charge in [0, 0.05) is 5.56 Å². The highest BCUT2D eigenvalue weighted by Gasteiger charge is 2.30. The number of phenols is 2. The summed E-state index contributed by atoms with van der Waals surface area (Å²) >= 11 is 0. The summed E-state index contributed by atoms with van der Waals surface area (Å²) in [6, 6.07) is 9.59. The molecule has 1 heterocycles. The van der Waals surface area contributed by atoms with Crippen molar-refractivity contribution in [1.82, 2.24) is 0 Å². The number of carbonyl (C=O) groups is 1. The number of aromatic hydroxyl groups is 2. The van der Waals surface area contributed by atoms with Gasteiger partial charge in [-0.25, -0.2) is 0 Å². The number of benzene rings is 2. The van der Waals surface area contributed by atoms with Crippen molar-refractivity contribution in [2.75, 3.05) is 0 Å². The summed E-state index contributed by atoms with van der Waals surface area (Å²) in [5, 5.41) is 19.4. The van der Waals surface area contributed by atoms with Gasteiger partial charge in [0.05, 0.1) is 5.56 Å². The second kappa shape index (κ2) is 6.24. The van der Waals surface area contributed by atoms with Gasteiger partial charge in [-0.2, -0.15) is 0 Å². The van der Waals surface area contributed by atoms with Crippen LogP contribution in [0.5, 0.6) is 17.2 Å². The molecule has 0 saturated carbocycles. The zero-order chi connectivity index (χ0) is 17.3. The Hall–Kier alpha value is -3.01. The van der Waals surface area contributed by atoms with E-state index in [-0.39, 0.29) is 23.0 Å². The number of fused-ring (bicyclic) bond motifs is 1. The highest BCUT2D eigenvalue weighted by molar-refractivity contribution is 6.15. The van der Waals surface area contributed by atoms with Crippen LogP contribution >= 0.6 is 0 Å². The molecule has 0 unspecified atom stereocenters. The monoisotopic (exact) mass is 322 g/mol. The summed E-state index contributed by atoms with van der Waals surface area (Å²) < 4.78 is 5.76. The predicted octanol–water partition coefficient (Wildman–Crippen LogP) is 4.22. The van der Waals surface area contributed by atoms with Gasteiger partial charge >= 0.3 is 0 Å². The minimum atomic E-state index is -0.212. The molecule has 3 rings (SSSR count). The van der Waals surface area contributed by atoms with E-state index < -0.39 is 0 Å². The quantitative estimate of drug-likeness (QED) is 0.656. The van der Waals surface area contributed by atoms with Gasteiger partial charge in [0.25, 0.3) is 0 Å². The molecule has 1 aliphatic heterocycles. The Kier molecular flexibility index (Phi) is 4.13. The van der Waals surface area contributed by atoms with Crippen molar-refractivity contribution < 1.29 is 19.7 Å². The van der Waals surface area contributed by atoms with Crippen LogP contribution in [0.1, 0.15) is 35.3 Å². The van der Waals surface area contributed by atoms with E-state index in [1.54, 1.807) is 36.4 Å². The predicted molar refractivity (Wildman–Crippen MR) is 92.3 cm³/mol. The number of allylic oxidation sites excluding steroid dienone is 3. The molecule has 0 saturated heterocycles. The summed E-state index contributed by atoms with van der Waals surface area (Å²) in [5.41, 5.74) is 2.93. The second-order valence-corrected chi connectivity index (χ2v) is 5.96. The molecule has 4 nitrogen and oxygen atoms in total. The second-order valence-electron chi connectivity index (χ2n) is 5.96. The molecule has 0 bridgehead atoms. The van der Waals surface area contributed by atoms with Gasteiger partial charge < -0.3 is 14.9 Å². The SMILES string of the molecule is CC(C)=CCc1c(O)ccc2c1O/C(=C\c1ccc(O)cc1)C2=O. The number of carbonyl (C=O) groups excluding carboxylic acids is 1. The van der Waals surface area contributed by atoms with E-state index in [4.69, 9.17) is 4.74 Å². The fraction of sp³-hybridized carbons (Fsp3) is 0.150. The van der Waals surface area contributed by atoms with Crippen LogP contribution in [0, 0.1) is 0 Å². The minimum absolute atomic E-state index is 0.116. The van der Waals surface area contributed by atoms with Crippen molar-refractivity contribution in [2.45, 2.75) is 20.3 Å². The highest BCUT2D eigenvalue weighted by Crippen LogP contribution is 2.40. The van der Waals surface area contributed by atoms with Crippen molar-refractivity contribution >= 4 is 11.9 Å². The number of Topliss-reactive ketones (excluding diaryl/α,β-unsaturated/α-hetero) is 1. The molecule has 0 radical (unpaired) electrons. The number of ketones is 1. The summed E-state index contributed by atoms with van der Waals surface area (Å²) in [7, 11) is 0. The van der Waals surface area contributed by atoms with E-state index in [0.717, 1.165) is 11.1 Å². The van der Waals surface area contributed by atoms with E-state index in [9.17, 15) is 15.0 Å². The molecule has 2 N–H and O–H groups in total. The first-order chi connectivity index (χ1) is 11.5. The Balaban J connectivity index is 1.99. The maximum Gasteiger partial charge on any atom is 0.231 e. The average Bonchev–Trinajstić information content (AvgIpc) is 2.85. The Labute approximate surface area is 140 Å². The Morgan fingerprint density at radius 3 is 2.46 bits per heavy atom. The third-order valence-electron chi connectivity index (χ3n) is 3.82. The van der Waals surface area contributed by atoms with E-state index in [1.165, 1.54) is 6.07 Å². The van der Waals surface area contributed by atoms with E-state index in [0.29, 0.717) is 23.3 Å². The van der Waals surface area contributed by atoms with Crippen molar-refractivity contribution in [3.63, 3.8) is 0 Å².